The molecule has 0 aromatic heterocycles. The van der Waals surface area contributed by atoms with Crippen LogP contribution in [-0.2, 0) is 0 Å². The molecule has 0 fully saturated rings. The Morgan fingerprint density at radius 1 is 0.793 bits per heavy atom. The largest absolute Gasteiger partial charge is 0.496 e. The Labute approximate surface area is 179 Å². The van der Waals surface area contributed by atoms with Crippen LogP contribution in [0.15, 0.2) is 72.8 Å². The van der Waals surface area contributed by atoms with Gasteiger partial charge in [0.15, 0.2) is 0 Å². The Hall–Kier alpha value is -1.66. The van der Waals surface area contributed by atoms with Gasteiger partial charge >= 0.3 is 0 Å². The van der Waals surface area contributed by atoms with Crippen LogP contribution in [0.25, 0.3) is 0 Å². The van der Waals surface area contributed by atoms with Crippen LogP contribution in [0.5, 0.6) is 11.5 Å². The SMILES string of the molecule is COc1ccccc1PCCC=CC(C)(N)C=CCCPc1ccccc1OC. The monoisotopic (exact) mass is 429 g/mol. The molecule has 3 nitrogen and oxygen atoms in total. The summed E-state index contributed by atoms with van der Waals surface area (Å²) in [6.45, 7) is 2.05. The second-order valence-electron chi connectivity index (χ2n) is 7.00. The highest BCUT2D eigenvalue weighted by molar-refractivity contribution is 7.47. The third-order valence-corrected chi connectivity index (χ3v) is 7.09. The second kappa shape index (κ2) is 12.8. The van der Waals surface area contributed by atoms with Crippen LogP contribution >= 0.6 is 17.2 Å². The number of para-hydroxylation sites is 2. The highest BCUT2D eigenvalue weighted by Crippen LogP contribution is 2.21. The van der Waals surface area contributed by atoms with Gasteiger partial charge in [0.25, 0.3) is 0 Å². The first-order valence-corrected chi connectivity index (χ1v) is 12.3. The van der Waals surface area contributed by atoms with Crippen LogP contribution in [-0.4, -0.2) is 32.1 Å². The maximum atomic E-state index is 6.39. The quantitative estimate of drug-likeness (QED) is 0.304. The zero-order valence-corrected chi connectivity index (χ0v) is 19.7. The predicted octanol–water partition coefficient (Wildman–Crippen LogP) is 4.62. The molecule has 0 amide bonds. The van der Waals surface area contributed by atoms with E-state index in [0.29, 0.717) is 0 Å². The lowest BCUT2D eigenvalue weighted by Gasteiger charge is -2.15. The molecule has 2 aromatic rings. The van der Waals surface area contributed by atoms with Gasteiger partial charge in [0.05, 0.1) is 14.2 Å². The van der Waals surface area contributed by atoms with Crippen molar-refractivity contribution in [3.63, 3.8) is 0 Å². The van der Waals surface area contributed by atoms with Gasteiger partial charge in [0.2, 0.25) is 0 Å². The lowest BCUT2D eigenvalue weighted by Crippen LogP contribution is -2.30. The highest BCUT2D eigenvalue weighted by Gasteiger charge is 2.08. The number of ether oxygens (including phenoxy) is 2. The van der Waals surface area contributed by atoms with E-state index in [4.69, 9.17) is 15.2 Å². The van der Waals surface area contributed by atoms with Gasteiger partial charge in [-0.2, -0.15) is 0 Å². The van der Waals surface area contributed by atoms with Crippen LogP contribution in [0.3, 0.4) is 0 Å². The Balaban J connectivity index is 1.70. The molecule has 2 aromatic carbocycles. The van der Waals surface area contributed by atoms with Gasteiger partial charge in [-0.05, 0) is 44.2 Å². The molecule has 0 aliphatic heterocycles. The molecule has 0 spiro atoms. The lowest BCUT2D eigenvalue weighted by molar-refractivity contribution is 0.418. The molecule has 0 radical (unpaired) electrons. The number of hydrogen-bond donors (Lipinski definition) is 1. The number of hydrogen-bond acceptors (Lipinski definition) is 3. The molecule has 0 saturated carbocycles. The number of nitrogens with two attached hydrogens (primary N) is 1. The van der Waals surface area contributed by atoms with Gasteiger partial charge in [0, 0.05) is 16.1 Å². The standard InChI is InChI=1S/C24H33NO2P2/c1-24(25,16-8-10-18-28-22-14-6-4-12-20(22)26-2)17-9-11-19-29-23-15-7-5-13-21(23)27-3/h4-9,12-17,28-29H,10-11,18-19,25H2,1-3H3. The maximum absolute atomic E-state index is 6.39. The zero-order chi connectivity index (χ0) is 21.0. The Bertz CT molecular complexity index is 737. The summed E-state index contributed by atoms with van der Waals surface area (Å²) in [5, 5.41) is 2.57. The van der Waals surface area contributed by atoms with Crippen molar-refractivity contribution >= 4 is 27.8 Å². The van der Waals surface area contributed by atoms with Crippen LogP contribution in [0.1, 0.15) is 19.8 Å². The fourth-order valence-corrected chi connectivity index (χ4v) is 5.20. The lowest BCUT2D eigenvalue weighted by atomic mass is 10.0. The van der Waals surface area contributed by atoms with Crippen molar-refractivity contribution in [3.8, 4) is 11.5 Å². The number of allylic oxidation sites excluding steroid dienone is 2. The predicted molar refractivity (Wildman–Crippen MR) is 132 cm³/mol. The van der Waals surface area contributed by atoms with E-state index in [2.05, 4.69) is 48.6 Å². The fraction of sp³-hybridized carbons (Fsp3) is 0.333. The summed E-state index contributed by atoms with van der Waals surface area (Å²) < 4.78 is 10.8. The van der Waals surface area contributed by atoms with Crippen molar-refractivity contribution in [1.82, 2.24) is 0 Å². The summed E-state index contributed by atoms with van der Waals surface area (Å²) in [5.74, 6) is 1.96. The van der Waals surface area contributed by atoms with Crippen LogP contribution < -0.4 is 25.8 Å². The minimum atomic E-state index is -0.402. The van der Waals surface area contributed by atoms with Crippen molar-refractivity contribution in [2.75, 3.05) is 26.5 Å². The van der Waals surface area contributed by atoms with Crippen LogP contribution in [0.2, 0.25) is 0 Å². The van der Waals surface area contributed by atoms with Crippen molar-refractivity contribution < 1.29 is 9.47 Å². The number of rotatable bonds is 12. The second-order valence-corrected chi connectivity index (χ2v) is 9.79. The molecule has 29 heavy (non-hydrogen) atoms. The minimum Gasteiger partial charge on any atom is -0.496 e. The van der Waals surface area contributed by atoms with Gasteiger partial charge < -0.3 is 15.2 Å². The first kappa shape index (κ1) is 23.6. The van der Waals surface area contributed by atoms with E-state index in [1.165, 1.54) is 10.6 Å². The van der Waals surface area contributed by atoms with Crippen molar-refractivity contribution in [2.45, 2.75) is 25.3 Å². The third kappa shape index (κ3) is 8.70. The molecule has 0 aliphatic carbocycles. The first-order chi connectivity index (χ1) is 14.1. The molecule has 2 rings (SSSR count). The Morgan fingerprint density at radius 3 is 1.62 bits per heavy atom. The van der Waals surface area contributed by atoms with Crippen molar-refractivity contribution in [2.24, 2.45) is 5.73 Å². The first-order valence-electron chi connectivity index (χ1n) is 9.94. The third-order valence-electron chi connectivity index (χ3n) is 4.42. The van der Waals surface area contributed by atoms with Gasteiger partial charge in [-0.3, -0.25) is 0 Å². The molecule has 156 valence electrons. The normalized spacial score (nSPS) is 14.5. The average molecular weight is 429 g/mol. The molecule has 0 aliphatic rings. The summed E-state index contributed by atoms with van der Waals surface area (Å²) in [7, 11) is 4.95. The van der Waals surface area contributed by atoms with Crippen LogP contribution in [0, 0.1) is 0 Å². The van der Waals surface area contributed by atoms with Crippen LogP contribution in [0.4, 0.5) is 0 Å². The summed E-state index contributed by atoms with van der Waals surface area (Å²) in [5.41, 5.74) is 5.98. The van der Waals surface area contributed by atoms with E-state index < -0.39 is 5.54 Å². The van der Waals surface area contributed by atoms with E-state index in [9.17, 15) is 0 Å². The van der Waals surface area contributed by atoms with Crippen molar-refractivity contribution in [1.29, 1.82) is 0 Å². The zero-order valence-electron chi connectivity index (χ0n) is 17.7. The molecule has 2 N–H and O–H groups in total. The fourth-order valence-electron chi connectivity index (χ4n) is 2.89. The molecule has 0 saturated heterocycles. The molecular formula is C24H33NO2P2. The van der Waals surface area contributed by atoms with E-state index in [1.807, 2.05) is 31.2 Å². The Kier molecular flexibility index (Phi) is 10.4. The molecule has 2 atom stereocenters. The maximum Gasteiger partial charge on any atom is 0.126 e. The molecular weight excluding hydrogens is 396 g/mol. The van der Waals surface area contributed by atoms with Crippen molar-refractivity contribution in [3.05, 3.63) is 72.8 Å². The smallest absolute Gasteiger partial charge is 0.126 e. The molecule has 0 bridgehead atoms. The Morgan fingerprint density at radius 2 is 1.21 bits per heavy atom. The van der Waals surface area contributed by atoms with Gasteiger partial charge in [-0.25, -0.2) is 0 Å². The number of methoxy groups -OCH3 is 2. The van der Waals surface area contributed by atoms with Gasteiger partial charge in [0.1, 0.15) is 11.5 Å². The summed E-state index contributed by atoms with van der Waals surface area (Å²) in [4.78, 5) is 0. The summed E-state index contributed by atoms with van der Waals surface area (Å²) in [6, 6.07) is 16.5. The van der Waals surface area contributed by atoms with E-state index >= 15 is 0 Å². The van der Waals surface area contributed by atoms with E-state index in [1.54, 1.807) is 14.2 Å². The van der Waals surface area contributed by atoms with Gasteiger partial charge in [-0.1, -0.05) is 77.9 Å². The summed E-state index contributed by atoms with van der Waals surface area (Å²) in [6.07, 6.45) is 12.9. The topological polar surface area (TPSA) is 44.5 Å². The van der Waals surface area contributed by atoms with E-state index in [0.717, 1.165) is 53.8 Å². The molecule has 2 unspecified atom stereocenters. The average Bonchev–Trinajstić information content (AvgIpc) is 2.73. The number of benzene rings is 2. The van der Waals surface area contributed by atoms with E-state index in [-0.39, 0.29) is 0 Å². The summed E-state index contributed by atoms with van der Waals surface area (Å²) >= 11 is 0. The minimum absolute atomic E-state index is 0.402. The molecule has 0 heterocycles. The van der Waals surface area contributed by atoms with Gasteiger partial charge in [-0.15, -0.1) is 0 Å². The molecule has 5 heteroatoms. The highest BCUT2D eigenvalue weighted by atomic mass is 31.1.